The van der Waals surface area contributed by atoms with E-state index < -0.39 is 32.1 Å². The minimum Gasteiger partial charge on any atom is -0.481 e. The van der Waals surface area contributed by atoms with Crippen molar-refractivity contribution >= 4 is 32.7 Å². The zero-order valence-electron chi connectivity index (χ0n) is 22.5. The molecule has 2 aromatic carbocycles. The fourth-order valence-electron chi connectivity index (χ4n) is 5.85. The van der Waals surface area contributed by atoms with E-state index in [1.165, 1.54) is 31.8 Å². The lowest BCUT2D eigenvalue weighted by molar-refractivity contribution is -0.136. The van der Waals surface area contributed by atoms with Crippen LogP contribution in [0.1, 0.15) is 6.42 Å². The summed E-state index contributed by atoms with van der Waals surface area (Å²) in [7, 11) is -3.17. The molecule has 2 aromatic heterocycles. The van der Waals surface area contributed by atoms with Gasteiger partial charge in [0.25, 0.3) is 0 Å². The van der Waals surface area contributed by atoms with Crippen LogP contribution in [0.15, 0.2) is 66.5 Å². The molecule has 2 fully saturated rings. The molecular formula is C29H26F2N6O4S. The van der Waals surface area contributed by atoms with Crippen LogP contribution in [0.2, 0.25) is 0 Å². The molecule has 2 N–H and O–H groups in total. The topological polar surface area (TPSA) is 132 Å². The van der Waals surface area contributed by atoms with Crippen molar-refractivity contribution in [1.82, 2.24) is 19.9 Å². The van der Waals surface area contributed by atoms with Crippen molar-refractivity contribution in [3.8, 4) is 28.1 Å². The molecule has 1 spiro atoms. The van der Waals surface area contributed by atoms with Gasteiger partial charge in [0.1, 0.15) is 22.9 Å². The van der Waals surface area contributed by atoms with E-state index in [1.54, 1.807) is 11.0 Å². The van der Waals surface area contributed by atoms with Crippen LogP contribution in [0.3, 0.4) is 0 Å². The van der Waals surface area contributed by atoms with E-state index in [0.717, 1.165) is 42.8 Å². The largest absolute Gasteiger partial charge is 0.481 e. The molecule has 1 amide bonds. The zero-order valence-corrected chi connectivity index (χ0v) is 23.4. The van der Waals surface area contributed by atoms with Crippen LogP contribution in [-0.2, 0) is 14.8 Å². The molecule has 0 atom stereocenters. The maximum Gasteiger partial charge on any atom is 0.245 e. The third-order valence-corrected chi connectivity index (χ3v) is 8.83. The number of amides is 1. The van der Waals surface area contributed by atoms with Gasteiger partial charge in [-0.15, -0.1) is 0 Å². The van der Waals surface area contributed by atoms with Gasteiger partial charge in [-0.3, -0.25) is 4.79 Å². The fraction of sp³-hybridized carbons (Fsp3) is 0.241. The number of nitrogens with two attached hydrogens (primary N) is 1. The lowest BCUT2D eigenvalue weighted by Crippen LogP contribution is -2.59. The summed E-state index contributed by atoms with van der Waals surface area (Å²) in [6.07, 6.45) is 5.25. The molecule has 13 heteroatoms. The first kappa shape index (κ1) is 27.7. The SMILES string of the molecule is C=CC(=O)N1CC2(CCN(c3ncnc4ccc(-c5cnc(OC)c(-c6c(F)ccc(S(N)(=O)=O)c6F)c5)cc34)C2)C1. The summed E-state index contributed by atoms with van der Waals surface area (Å²) in [5.74, 6) is -1.76. The molecule has 10 nitrogen and oxygen atoms in total. The summed E-state index contributed by atoms with van der Waals surface area (Å²) in [5, 5.41) is 5.92. The second-order valence-corrected chi connectivity index (χ2v) is 12.1. The first-order valence-electron chi connectivity index (χ1n) is 13.0. The Hall–Kier alpha value is -4.49. The summed E-state index contributed by atoms with van der Waals surface area (Å²) >= 11 is 0. The molecule has 4 aromatic rings. The van der Waals surface area contributed by atoms with E-state index in [4.69, 9.17) is 9.88 Å². The number of carbonyl (C=O) groups excluding carboxylic acids is 1. The van der Waals surface area contributed by atoms with Crippen LogP contribution in [0.25, 0.3) is 33.2 Å². The minimum atomic E-state index is -4.46. The smallest absolute Gasteiger partial charge is 0.245 e. The second-order valence-electron chi connectivity index (χ2n) is 10.6. The van der Waals surface area contributed by atoms with Crippen molar-refractivity contribution in [3.63, 3.8) is 0 Å². The average molecular weight is 593 g/mol. The Morgan fingerprint density at radius 1 is 1.10 bits per heavy atom. The van der Waals surface area contributed by atoms with Gasteiger partial charge in [-0.25, -0.2) is 37.3 Å². The monoisotopic (exact) mass is 592 g/mol. The number of pyridine rings is 1. The van der Waals surface area contributed by atoms with Gasteiger partial charge < -0.3 is 14.5 Å². The molecule has 0 unspecified atom stereocenters. The molecular weight excluding hydrogens is 566 g/mol. The van der Waals surface area contributed by atoms with E-state index in [9.17, 15) is 17.6 Å². The van der Waals surface area contributed by atoms with Gasteiger partial charge in [0.2, 0.25) is 21.8 Å². The highest BCUT2D eigenvalue weighted by molar-refractivity contribution is 7.89. The van der Waals surface area contributed by atoms with Gasteiger partial charge in [0.05, 0.1) is 23.8 Å². The highest BCUT2D eigenvalue weighted by Gasteiger charge is 2.49. The highest BCUT2D eigenvalue weighted by atomic mass is 32.2. The molecule has 0 bridgehead atoms. The third kappa shape index (κ3) is 4.64. The number of primary sulfonamides is 1. The van der Waals surface area contributed by atoms with Crippen molar-refractivity contribution in [1.29, 1.82) is 0 Å². The molecule has 2 aliphatic rings. The van der Waals surface area contributed by atoms with Crippen molar-refractivity contribution < 1.29 is 26.7 Å². The number of halogens is 2. The molecule has 4 heterocycles. The van der Waals surface area contributed by atoms with E-state index in [-0.39, 0.29) is 22.8 Å². The number of benzene rings is 2. The number of rotatable bonds is 6. The zero-order chi connectivity index (χ0) is 29.8. The number of carbonyl (C=O) groups is 1. The van der Waals surface area contributed by atoms with Crippen molar-refractivity contribution in [2.45, 2.75) is 11.3 Å². The van der Waals surface area contributed by atoms with Gasteiger partial charge in [-0.1, -0.05) is 12.6 Å². The average Bonchev–Trinajstić information content (AvgIpc) is 3.40. The van der Waals surface area contributed by atoms with E-state index >= 15 is 4.39 Å². The number of anilines is 1. The quantitative estimate of drug-likeness (QED) is 0.337. The van der Waals surface area contributed by atoms with Crippen molar-refractivity contribution in [3.05, 3.63) is 73.2 Å². The number of aromatic nitrogens is 3. The van der Waals surface area contributed by atoms with Crippen LogP contribution < -0.4 is 14.8 Å². The Labute approximate surface area is 240 Å². The van der Waals surface area contributed by atoms with Gasteiger partial charge in [-0.2, -0.15) is 0 Å². The molecule has 2 aliphatic heterocycles. The predicted molar refractivity (Wildman–Crippen MR) is 152 cm³/mol. The number of likely N-dealkylation sites (tertiary alicyclic amines) is 1. The minimum absolute atomic E-state index is 0.00203. The Kier molecular flexibility index (Phi) is 6.65. The van der Waals surface area contributed by atoms with Gasteiger partial charge >= 0.3 is 0 Å². The van der Waals surface area contributed by atoms with Gasteiger partial charge in [0, 0.05) is 48.7 Å². The molecule has 0 aliphatic carbocycles. The third-order valence-electron chi connectivity index (χ3n) is 7.90. The second kappa shape index (κ2) is 10.1. The van der Waals surface area contributed by atoms with E-state index in [1.807, 2.05) is 12.1 Å². The van der Waals surface area contributed by atoms with Crippen LogP contribution in [-0.4, -0.2) is 67.5 Å². The number of nitrogens with zero attached hydrogens (tertiary/aromatic N) is 5. The molecule has 216 valence electrons. The Morgan fingerprint density at radius 3 is 2.60 bits per heavy atom. The molecule has 6 rings (SSSR count). The lowest BCUT2D eigenvalue weighted by atomic mass is 9.79. The number of hydrogen-bond donors (Lipinski definition) is 1. The summed E-state index contributed by atoms with van der Waals surface area (Å²) in [5.41, 5.74) is 1.18. The maximum absolute atomic E-state index is 15.4. The van der Waals surface area contributed by atoms with Crippen molar-refractivity contribution in [2.24, 2.45) is 10.6 Å². The van der Waals surface area contributed by atoms with Gasteiger partial charge in [0.15, 0.2) is 5.82 Å². The van der Waals surface area contributed by atoms with Crippen molar-refractivity contribution in [2.75, 3.05) is 38.2 Å². The van der Waals surface area contributed by atoms with Crippen LogP contribution >= 0.6 is 0 Å². The molecule has 42 heavy (non-hydrogen) atoms. The Balaban J connectivity index is 1.39. The standard InChI is InChI=1S/C29H26F2N6O4S/c1-3-24(38)37-14-29(15-37)8-9-36(13-29)27-19-10-17(4-6-22(19)34-16-35-27)18-11-20(28(41-2)33-12-18)25-21(30)5-7-23(26(25)31)42(32,39)40/h3-7,10-12,16H,1,8-9,13-15H2,2H3,(H2,32,39,40). The van der Waals surface area contributed by atoms with Gasteiger partial charge in [-0.05, 0) is 48.4 Å². The first-order chi connectivity index (χ1) is 20.0. The maximum atomic E-state index is 15.4. The summed E-state index contributed by atoms with van der Waals surface area (Å²) in [6.45, 7) is 6.40. The lowest BCUT2D eigenvalue weighted by Gasteiger charge is -2.47. The van der Waals surface area contributed by atoms with Crippen LogP contribution in [0.4, 0.5) is 14.6 Å². The Bertz CT molecular complexity index is 1880. The van der Waals surface area contributed by atoms with E-state index in [0.29, 0.717) is 29.7 Å². The van der Waals surface area contributed by atoms with Crippen LogP contribution in [0, 0.1) is 17.0 Å². The number of fused-ring (bicyclic) bond motifs is 1. The summed E-state index contributed by atoms with van der Waals surface area (Å²) in [4.78, 5) is 28.3. The molecule has 2 saturated heterocycles. The summed E-state index contributed by atoms with van der Waals surface area (Å²) < 4.78 is 59.4. The number of ether oxygens (including phenoxy) is 1. The number of sulfonamides is 1. The Morgan fingerprint density at radius 2 is 1.88 bits per heavy atom. The molecule has 0 saturated carbocycles. The fourth-order valence-corrected chi connectivity index (χ4v) is 6.46. The highest BCUT2D eigenvalue weighted by Crippen LogP contribution is 2.43. The molecule has 0 radical (unpaired) electrons. The first-order valence-corrected chi connectivity index (χ1v) is 14.5. The predicted octanol–water partition coefficient (Wildman–Crippen LogP) is 3.52. The van der Waals surface area contributed by atoms with Crippen LogP contribution in [0.5, 0.6) is 5.88 Å². The number of methoxy groups -OCH3 is 1. The number of hydrogen-bond acceptors (Lipinski definition) is 8. The van der Waals surface area contributed by atoms with E-state index in [2.05, 4.69) is 26.4 Å². The summed E-state index contributed by atoms with van der Waals surface area (Å²) in [6, 6.07) is 8.60. The normalized spacial score (nSPS) is 16.1.